The predicted molar refractivity (Wildman–Crippen MR) is 105 cm³/mol. The number of nitrogens with one attached hydrogen (secondary N) is 1. The third kappa shape index (κ3) is 3.54. The Kier molecular flexibility index (Phi) is 4.31. The highest BCUT2D eigenvalue weighted by Gasteiger charge is 2.04. The van der Waals surface area contributed by atoms with Gasteiger partial charge < -0.3 is 9.72 Å². The summed E-state index contributed by atoms with van der Waals surface area (Å²) < 4.78 is 1.99. The van der Waals surface area contributed by atoms with Crippen LogP contribution in [0.15, 0.2) is 91.3 Å². The smallest absolute Gasteiger partial charge is 0.248 e. The highest BCUT2D eigenvalue weighted by atomic mass is 16.1. The summed E-state index contributed by atoms with van der Waals surface area (Å²) in [5, 5.41) is 2.87. The minimum atomic E-state index is -0.158. The SMILES string of the molecule is O=C(/C=C/c1ccccc1)Nc1ccc(-c2cn3ccccc3n2)cc1. The first-order valence-corrected chi connectivity index (χ1v) is 8.36. The molecule has 4 rings (SSSR count). The van der Waals surface area contributed by atoms with Crippen molar-refractivity contribution in [3.05, 3.63) is 96.8 Å². The van der Waals surface area contributed by atoms with Gasteiger partial charge in [0, 0.05) is 29.7 Å². The van der Waals surface area contributed by atoms with Crippen molar-refractivity contribution in [3.8, 4) is 11.3 Å². The number of nitrogens with zero attached hydrogens (tertiary/aromatic N) is 2. The molecule has 1 amide bonds. The van der Waals surface area contributed by atoms with Crippen LogP contribution in [-0.4, -0.2) is 15.3 Å². The van der Waals surface area contributed by atoms with Crippen LogP contribution in [0.3, 0.4) is 0 Å². The van der Waals surface area contributed by atoms with Crippen LogP contribution < -0.4 is 5.32 Å². The van der Waals surface area contributed by atoms with E-state index >= 15 is 0 Å². The highest BCUT2D eigenvalue weighted by Crippen LogP contribution is 2.21. The van der Waals surface area contributed by atoms with Crippen LogP contribution in [0.1, 0.15) is 5.56 Å². The molecular weight excluding hydrogens is 322 g/mol. The topological polar surface area (TPSA) is 46.4 Å². The minimum Gasteiger partial charge on any atom is -0.323 e. The molecule has 2 aromatic carbocycles. The Bertz CT molecular complexity index is 1030. The van der Waals surface area contributed by atoms with Gasteiger partial charge in [-0.15, -0.1) is 0 Å². The second kappa shape index (κ2) is 7.07. The number of aromatic nitrogens is 2. The first kappa shape index (κ1) is 15.8. The zero-order valence-corrected chi connectivity index (χ0v) is 14.0. The molecule has 26 heavy (non-hydrogen) atoms. The molecule has 1 N–H and O–H groups in total. The summed E-state index contributed by atoms with van der Waals surface area (Å²) in [7, 11) is 0. The lowest BCUT2D eigenvalue weighted by molar-refractivity contribution is -0.111. The Hall–Kier alpha value is -3.66. The number of amides is 1. The highest BCUT2D eigenvalue weighted by molar-refractivity contribution is 6.02. The number of anilines is 1. The molecule has 0 bridgehead atoms. The maximum Gasteiger partial charge on any atom is 0.248 e. The van der Waals surface area contributed by atoms with Crippen LogP contribution in [-0.2, 0) is 4.79 Å². The Morgan fingerprint density at radius 1 is 0.923 bits per heavy atom. The first-order chi connectivity index (χ1) is 12.8. The molecule has 4 aromatic rings. The van der Waals surface area contributed by atoms with Crippen LogP contribution in [0.2, 0.25) is 0 Å². The van der Waals surface area contributed by atoms with Gasteiger partial charge in [-0.25, -0.2) is 4.98 Å². The number of pyridine rings is 1. The van der Waals surface area contributed by atoms with Gasteiger partial charge in [0.1, 0.15) is 5.65 Å². The molecule has 0 spiro atoms. The van der Waals surface area contributed by atoms with Crippen LogP contribution in [0.25, 0.3) is 23.0 Å². The van der Waals surface area contributed by atoms with Crippen LogP contribution in [0.4, 0.5) is 5.69 Å². The van der Waals surface area contributed by atoms with Gasteiger partial charge in [-0.1, -0.05) is 48.5 Å². The van der Waals surface area contributed by atoms with E-state index in [1.54, 1.807) is 6.08 Å². The number of fused-ring (bicyclic) bond motifs is 1. The summed E-state index contributed by atoms with van der Waals surface area (Å²) in [4.78, 5) is 16.6. The summed E-state index contributed by atoms with van der Waals surface area (Å²) in [6.45, 7) is 0. The second-order valence-corrected chi connectivity index (χ2v) is 5.90. The van der Waals surface area contributed by atoms with Crippen LogP contribution in [0.5, 0.6) is 0 Å². The van der Waals surface area contributed by atoms with Crippen molar-refractivity contribution in [1.29, 1.82) is 0 Å². The van der Waals surface area contributed by atoms with Gasteiger partial charge in [-0.2, -0.15) is 0 Å². The standard InChI is InChI=1S/C22H17N3O/c26-22(14-9-17-6-2-1-3-7-17)23-19-12-10-18(11-13-19)20-16-25-15-5-4-8-21(25)24-20/h1-16H,(H,23,26)/b14-9+. The zero-order chi connectivity index (χ0) is 17.8. The molecule has 0 atom stereocenters. The van der Waals surface area contributed by atoms with E-state index in [4.69, 9.17) is 0 Å². The molecule has 4 nitrogen and oxygen atoms in total. The van der Waals surface area contributed by atoms with Crippen LogP contribution in [0, 0.1) is 0 Å². The van der Waals surface area contributed by atoms with Crippen molar-refractivity contribution in [3.63, 3.8) is 0 Å². The predicted octanol–water partition coefficient (Wildman–Crippen LogP) is 4.65. The van der Waals surface area contributed by atoms with Crippen LogP contribution >= 0.6 is 0 Å². The molecule has 0 aliphatic heterocycles. The van der Waals surface area contributed by atoms with Gasteiger partial charge in [-0.3, -0.25) is 4.79 Å². The van der Waals surface area contributed by atoms with Gasteiger partial charge >= 0.3 is 0 Å². The zero-order valence-electron chi connectivity index (χ0n) is 14.0. The lowest BCUT2D eigenvalue weighted by Gasteiger charge is -2.03. The molecule has 0 unspecified atom stereocenters. The van der Waals surface area contributed by atoms with E-state index in [-0.39, 0.29) is 5.91 Å². The van der Waals surface area contributed by atoms with E-state index < -0.39 is 0 Å². The molecule has 0 saturated carbocycles. The van der Waals surface area contributed by atoms with E-state index in [1.807, 2.05) is 89.6 Å². The maximum atomic E-state index is 12.0. The molecule has 126 valence electrons. The Morgan fingerprint density at radius 3 is 2.46 bits per heavy atom. The van der Waals surface area contributed by atoms with Gasteiger partial charge in [0.2, 0.25) is 5.91 Å². The Balaban J connectivity index is 1.45. The Morgan fingerprint density at radius 2 is 1.69 bits per heavy atom. The first-order valence-electron chi connectivity index (χ1n) is 8.36. The minimum absolute atomic E-state index is 0.158. The molecular formula is C22H17N3O. The van der Waals surface area contributed by atoms with Gasteiger partial charge in [0.15, 0.2) is 0 Å². The van der Waals surface area contributed by atoms with E-state index in [9.17, 15) is 4.79 Å². The summed E-state index contributed by atoms with van der Waals surface area (Å²) in [6.07, 6.45) is 7.29. The fraction of sp³-hybridized carbons (Fsp3) is 0. The molecule has 4 heteroatoms. The molecule has 2 heterocycles. The monoisotopic (exact) mass is 339 g/mol. The quantitative estimate of drug-likeness (QED) is 0.550. The number of imidazole rings is 1. The van der Waals surface area contributed by atoms with Crippen molar-refractivity contribution >= 4 is 23.3 Å². The molecule has 0 radical (unpaired) electrons. The maximum absolute atomic E-state index is 12.0. The van der Waals surface area contributed by atoms with Crippen molar-refractivity contribution in [2.75, 3.05) is 5.32 Å². The van der Waals surface area contributed by atoms with Crippen molar-refractivity contribution in [2.24, 2.45) is 0 Å². The molecule has 0 saturated heterocycles. The van der Waals surface area contributed by atoms with Gasteiger partial charge in [0.25, 0.3) is 0 Å². The number of carbonyl (C=O) groups is 1. The van der Waals surface area contributed by atoms with Crippen molar-refractivity contribution < 1.29 is 4.79 Å². The van der Waals surface area contributed by atoms with E-state index in [0.29, 0.717) is 0 Å². The summed E-state index contributed by atoms with van der Waals surface area (Å²) in [5.74, 6) is -0.158. The molecule has 0 aliphatic carbocycles. The lowest BCUT2D eigenvalue weighted by Crippen LogP contribution is -2.07. The average molecular weight is 339 g/mol. The largest absolute Gasteiger partial charge is 0.323 e. The average Bonchev–Trinajstić information content (AvgIpc) is 3.12. The van der Waals surface area contributed by atoms with Crippen molar-refractivity contribution in [1.82, 2.24) is 9.38 Å². The number of carbonyl (C=O) groups excluding carboxylic acids is 1. The number of benzene rings is 2. The third-order valence-corrected chi connectivity index (χ3v) is 4.04. The van der Waals surface area contributed by atoms with E-state index in [1.165, 1.54) is 6.08 Å². The lowest BCUT2D eigenvalue weighted by atomic mass is 10.1. The molecule has 2 aromatic heterocycles. The van der Waals surface area contributed by atoms with E-state index in [0.717, 1.165) is 28.2 Å². The molecule has 0 aliphatic rings. The summed E-state index contributed by atoms with van der Waals surface area (Å²) >= 11 is 0. The number of hydrogen-bond acceptors (Lipinski definition) is 2. The van der Waals surface area contributed by atoms with Gasteiger partial charge in [0.05, 0.1) is 5.69 Å². The molecule has 0 fully saturated rings. The fourth-order valence-electron chi connectivity index (χ4n) is 2.72. The summed E-state index contributed by atoms with van der Waals surface area (Å²) in [6, 6.07) is 23.3. The van der Waals surface area contributed by atoms with Crippen molar-refractivity contribution in [2.45, 2.75) is 0 Å². The number of hydrogen-bond donors (Lipinski definition) is 1. The normalized spacial score (nSPS) is 11.1. The second-order valence-electron chi connectivity index (χ2n) is 5.90. The third-order valence-electron chi connectivity index (χ3n) is 4.04. The van der Waals surface area contributed by atoms with Gasteiger partial charge in [-0.05, 0) is 35.9 Å². The Labute approximate surface area is 151 Å². The fourth-order valence-corrected chi connectivity index (χ4v) is 2.72. The summed E-state index contributed by atoms with van der Waals surface area (Å²) in [5.41, 5.74) is 4.56. The van der Waals surface area contributed by atoms with E-state index in [2.05, 4.69) is 10.3 Å². The number of rotatable bonds is 4.